The van der Waals surface area contributed by atoms with Crippen molar-refractivity contribution in [2.75, 3.05) is 19.5 Å². The number of carbonyl (C=O) groups is 1. The smallest absolute Gasteiger partial charge is 0.151 e. The molecule has 4 heteroatoms. The maximum Gasteiger partial charge on any atom is 0.151 e. The lowest BCUT2D eigenvalue weighted by Gasteiger charge is -2.04. The van der Waals surface area contributed by atoms with E-state index in [0.717, 1.165) is 30.0 Å². The van der Waals surface area contributed by atoms with E-state index in [1.165, 1.54) is 0 Å². The number of hydrogen-bond donors (Lipinski definition) is 0. The molecule has 0 atom stereocenters. The van der Waals surface area contributed by atoms with E-state index in [1.54, 1.807) is 31.0 Å². The van der Waals surface area contributed by atoms with Gasteiger partial charge in [-0.25, -0.2) is 0 Å². The molecule has 15 heavy (non-hydrogen) atoms. The first-order valence-electron chi connectivity index (χ1n) is 4.64. The zero-order chi connectivity index (χ0) is 11.1. The van der Waals surface area contributed by atoms with E-state index in [9.17, 15) is 4.79 Å². The summed E-state index contributed by atoms with van der Waals surface area (Å²) in [6.07, 6.45) is 1.81. The standard InChI is InChI=1S/C11H13ClO2S/c1-14-5-2-6-15-11-4-3-10(12)7-9(11)8-13/h3-4,7-8H,2,5-6H2,1H3. The average Bonchev–Trinajstić information content (AvgIpc) is 2.26. The van der Waals surface area contributed by atoms with Gasteiger partial charge in [0.1, 0.15) is 0 Å². The van der Waals surface area contributed by atoms with Crippen molar-refractivity contribution >= 4 is 29.6 Å². The minimum absolute atomic E-state index is 0.596. The Balaban J connectivity index is 2.56. The largest absolute Gasteiger partial charge is 0.385 e. The fourth-order valence-corrected chi connectivity index (χ4v) is 2.23. The number of thioether (sulfide) groups is 1. The van der Waals surface area contributed by atoms with Crippen LogP contribution in [0.2, 0.25) is 5.02 Å². The highest BCUT2D eigenvalue weighted by Crippen LogP contribution is 2.25. The number of aldehydes is 1. The molecule has 0 radical (unpaired) electrons. The third-order valence-corrected chi connectivity index (χ3v) is 3.26. The van der Waals surface area contributed by atoms with Crippen molar-refractivity contribution in [3.63, 3.8) is 0 Å². The molecule has 1 aromatic rings. The maximum absolute atomic E-state index is 10.8. The van der Waals surface area contributed by atoms with E-state index in [0.29, 0.717) is 10.6 Å². The van der Waals surface area contributed by atoms with Crippen LogP contribution in [-0.2, 0) is 4.74 Å². The van der Waals surface area contributed by atoms with E-state index in [1.807, 2.05) is 6.07 Å². The molecule has 0 aliphatic rings. The van der Waals surface area contributed by atoms with Crippen LogP contribution in [0.1, 0.15) is 16.8 Å². The Kier molecular flexibility index (Phi) is 5.76. The van der Waals surface area contributed by atoms with Crippen LogP contribution in [0.25, 0.3) is 0 Å². The molecule has 82 valence electrons. The highest BCUT2D eigenvalue weighted by molar-refractivity contribution is 7.99. The van der Waals surface area contributed by atoms with E-state index < -0.39 is 0 Å². The minimum Gasteiger partial charge on any atom is -0.385 e. The number of carbonyl (C=O) groups excluding carboxylic acids is 1. The number of methoxy groups -OCH3 is 1. The first-order chi connectivity index (χ1) is 7.27. The van der Waals surface area contributed by atoms with Crippen LogP contribution < -0.4 is 0 Å². The molecule has 0 aliphatic heterocycles. The van der Waals surface area contributed by atoms with Gasteiger partial charge >= 0.3 is 0 Å². The van der Waals surface area contributed by atoms with Crippen LogP contribution >= 0.6 is 23.4 Å². The van der Waals surface area contributed by atoms with Gasteiger partial charge in [-0.05, 0) is 24.6 Å². The number of rotatable bonds is 6. The topological polar surface area (TPSA) is 26.3 Å². The molecule has 0 spiro atoms. The monoisotopic (exact) mass is 244 g/mol. The molecule has 0 aromatic heterocycles. The number of benzene rings is 1. The summed E-state index contributed by atoms with van der Waals surface area (Å²) in [5, 5.41) is 0.596. The first kappa shape index (κ1) is 12.6. The molecule has 0 saturated carbocycles. The summed E-state index contributed by atoms with van der Waals surface area (Å²) in [7, 11) is 1.68. The van der Waals surface area contributed by atoms with Gasteiger partial charge in [0, 0.05) is 35.0 Å². The lowest BCUT2D eigenvalue weighted by Crippen LogP contribution is -1.92. The van der Waals surface area contributed by atoms with Crippen molar-refractivity contribution in [2.45, 2.75) is 11.3 Å². The summed E-state index contributed by atoms with van der Waals surface area (Å²) in [6, 6.07) is 5.37. The van der Waals surface area contributed by atoms with Gasteiger partial charge in [0.15, 0.2) is 6.29 Å². The number of hydrogen-bond acceptors (Lipinski definition) is 3. The highest BCUT2D eigenvalue weighted by Gasteiger charge is 2.02. The first-order valence-corrected chi connectivity index (χ1v) is 6.00. The lowest BCUT2D eigenvalue weighted by atomic mass is 10.2. The van der Waals surface area contributed by atoms with Crippen molar-refractivity contribution in [1.82, 2.24) is 0 Å². The van der Waals surface area contributed by atoms with Gasteiger partial charge < -0.3 is 4.74 Å². The molecule has 0 fully saturated rings. The van der Waals surface area contributed by atoms with Crippen LogP contribution in [0, 0.1) is 0 Å². The molecular formula is C11H13ClO2S. The summed E-state index contributed by atoms with van der Waals surface area (Å²) in [4.78, 5) is 11.7. The summed E-state index contributed by atoms with van der Waals surface area (Å²) in [5.41, 5.74) is 0.657. The quantitative estimate of drug-likeness (QED) is 0.436. The van der Waals surface area contributed by atoms with Gasteiger partial charge in [-0.2, -0.15) is 0 Å². The third kappa shape index (κ3) is 4.24. The minimum atomic E-state index is 0.596. The third-order valence-electron chi connectivity index (χ3n) is 1.85. The van der Waals surface area contributed by atoms with Crippen molar-refractivity contribution in [2.24, 2.45) is 0 Å². The van der Waals surface area contributed by atoms with Gasteiger partial charge in [0.05, 0.1) is 0 Å². The SMILES string of the molecule is COCCCSc1ccc(Cl)cc1C=O. The van der Waals surface area contributed by atoms with Crippen LogP contribution in [0.4, 0.5) is 0 Å². The number of ether oxygens (including phenoxy) is 1. The Hall–Kier alpha value is -0.510. The summed E-state index contributed by atoms with van der Waals surface area (Å²) >= 11 is 7.44. The van der Waals surface area contributed by atoms with Crippen molar-refractivity contribution in [1.29, 1.82) is 0 Å². The van der Waals surface area contributed by atoms with Gasteiger partial charge in [-0.3, -0.25) is 4.79 Å². The predicted molar refractivity (Wildman–Crippen MR) is 64.1 cm³/mol. The Morgan fingerprint density at radius 3 is 3.00 bits per heavy atom. The van der Waals surface area contributed by atoms with Gasteiger partial charge in [0.25, 0.3) is 0 Å². The zero-order valence-corrected chi connectivity index (χ0v) is 10.1. The Bertz CT molecular complexity index is 328. The summed E-state index contributed by atoms with van der Waals surface area (Å²) in [6.45, 7) is 0.747. The molecule has 2 nitrogen and oxygen atoms in total. The maximum atomic E-state index is 10.8. The molecule has 0 unspecified atom stereocenters. The Morgan fingerprint density at radius 2 is 2.33 bits per heavy atom. The van der Waals surface area contributed by atoms with E-state index in [4.69, 9.17) is 16.3 Å². The van der Waals surface area contributed by atoms with Crippen molar-refractivity contribution < 1.29 is 9.53 Å². The molecule has 1 rings (SSSR count). The second kappa shape index (κ2) is 6.88. The molecule has 0 heterocycles. The average molecular weight is 245 g/mol. The van der Waals surface area contributed by atoms with Crippen LogP contribution in [0.5, 0.6) is 0 Å². The van der Waals surface area contributed by atoms with E-state index in [-0.39, 0.29) is 0 Å². The molecule has 0 amide bonds. The van der Waals surface area contributed by atoms with Gasteiger partial charge in [-0.15, -0.1) is 11.8 Å². The molecular weight excluding hydrogens is 232 g/mol. The van der Waals surface area contributed by atoms with E-state index in [2.05, 4.69) is 0 Å². The lowest BCUT2D eigenvalue weighted by molar-refractivity contribution is 0.112. The normalized spacial score (nSPS) is 10.3. The van der Waals surface area contributed by atoms with Gasteiger partial charge in [0.2, 0.25) is 0 Å². The second-order valence-electron chi connectivity index (χ2n) is 2.99. The summed E-state index contributed by atoms with van der Waals surface area (Å²) in [5.74, 6) is 0.941. The van der Waals surface area contributed by atoms with E-state index >= 15 is 0 Å². The Labute approximate surface area is 99.0 Å². The summed E-state index contributed by atoms with van der Waals surface area (Å²) < 4.78 is 4.95. The fraction of sp³-hybridized carbons (Fsp3) is 0.364. The zero-order valence-electron chi connectivity index (χ0n) is 8.53. The molecule has 0 saturated heterocycles. The van der Waals surface area contributed by atoms with Crippen molar-refractivity contribution in [3.05, 3.63) is 28.8 Å². The number of halogens is 1. The molecule has 0 aliphatic carbocycles. The molecule has 1 aromatic carbocycles. The Morgan fingerprint density at radius 1 is 1.53 bits per heavy atom. The second-order valence-corrected chi connectivity index (χ2v) is 4.57. The fourth-order valence-electron chi connectivity index (χ4n) is 1.13. The molecule has 0 bridgehead atoms. The van der Waals surface area contributed by atoms with Crippen LogP contribution in [-0.4, -0.2) is 25.8 Å². The predicted octanol–water partition coefficient (Wildman–Crippen LogP) is 3.28. The highest BCUT2D eigenvalue weighted by atomic mass is 35.5. The van der Waals surface area contributed by atoms with Gasteiger partial charge in [-0.1, -0.05) is 11.6 Å². The van der Waals surface area contributed by atoms with Crippen LogP contribution in [0.3, 0.4) is 0 Å². The molecule has 0 N–H and O–H groups in total. The van der Waals surface area contributed by atoms with Crippen molar-refractivity contribution in [3.8, 4) is 0 Å². The van der Waals surface area contributed by atoms with Crippen LogP contribution in [0.15, 0.2) is 23.1 Å².